The Balaban J connectivity index is 1.86. The van der Waals surface area contributed by atoms with Crippen molar-refractivity contribution in [2.45, 2.75) is 13.5 Å². The van der Waals surface area contributed by atoms with E-state index in [9.17, 15) is 9.59 Å². The lowest BCUT2D eigenvalue weighted by Crippen LogP contribution is -2.20. The number of ether oxygens (including phenoxy) is 2. The van der Waals surface area contributed by atoms with Crippen molar-refractivity contribution < 1.29 is 14.3 Å². The van der Waals surface area contributed by atoms with Crippen LogP contribution < -0.4 is 20.2 Å². The maximum atomic E-state index is 12.5. The molecule has 0 saturated carbocycles. The van der Waals surface area contributed by atoms with E-state index in [-0.39, 0.29) is 17.9 Å². The van der Waals surface area contributed by atoms with Crippen molar-refractivity contribution in [1.82, 2.24) is 4.57 Å². The van der Waals surface area contributed by atoms with Crippen molar-refractivity contribution in [2.24, 2.45) is 0 Å². The molecule has 0 aliphatic carbocycles. The Morgan fingerprint density at radius 2 is 1.88 bits per heavy atom. The van der Waals surface area contributed by atoms with Gasteiger partial charge in [-0.15, -0.1) is 0 Å². The predicted octanol–water partition coefficient (Wildman–Crippen LogP) is 2.97. The molecule has 2 aromatic carbocycles. The van der Waals surface area contributed by atoms with Crippen LogP contribution in [0.3, 0.4) is 0 Å². The summed E-state index contributed by atoms with van der Waals surface area (Å²) >= 11 is 0. The topological polar surface area (TPSA) is 69.6 Å². The van der Waals surface area contributed by atoms with Gasteiger partial charge in [0, 0.05) is 23.7 Å². The largest absolute Gasteiger partial charge is 0.497 e. The Hall–Kier alpha value is -3.28. The van der Waals surface area contributed by atoms with Gasteiger partial charge in [-0.05, 0) is 31.2 Å². The molecule has 26 heavy (non-hydrogen) atoms. The second kappa shape index (κ2) is 7.31. The van der Waals surface area contributed by atoms with Crippen LogP contribution in [0.25, 0.3) is 10.9 Å². The first-order chi connectivity index (χ1) is 12.5. The molecule has 3 aromatic rings. The summed E-state index contributed by atoms with van der Waals surface area (Å²) in [5.74, 6) is 0.929. The van der Waals surface area contributed by atoms with Gasteiger partial charge < -0.3 is 19.4 Å². The molecule has 0 spiro atoms. The van der Waals surface area contributed by atoms with Crippen LogP contribution in [0.4, 0.5) is 5.69 Å². The third-order valence-electron chi connectivity index (χ3n) is 4.13. The summed E-state index contributed by atoms with van der Waals surface area (Å²) in [5, 5.41) is 3.43. The van der Waals surface area contributed by atoms with Gasteiger partial charge in [-0.1, -0.05) is 11.6 Å². The van der Waals surface area contributed by atoms with Crippen LogP contribution in [0.5, 0.6) is 11.5 Å². The van der Waals surface area contributed by atoms with Gasteiger partial charge in [-0.3, -0.25) is 9.59 Å². The third kappa shape index (κ3) is 3.54. The number of nitrogens with zero attached hydrogens (tertiary/aromatic N) is 1. The minimum Gasteiger partial charge on any atom is -0.497 e. The first-order valence-corrected chi connectivity index (χ1v) is 8.13. The minimum atomic E-state index is -0.223. The van der Waals surface area contributed by atoms with Crippen molar-refractivity contribution in [3.8, 4) is 11.5 Å². The molecule has 0 unspecified atom stereocenters. The Morgan fingerprint density at radius 3 is 2.62 bits per heavy atom. The number of pyridine rings is 1. The fourth-order valence-corrected chi connectivity index (χ4v) is 2.81. The Morgan fingerprint density at radius 1 is 1.08 bits per heavy atom. The minimum absolute atomic E-state index is 0.0582. The number of methoxy groups -OCH3 is 2. The van der Waals surface area contributed by atoms with Crippen molar-refractivity contribution in [2.75, 3.05) is 19.5 Å². The van der Waals surface area contributed by atoms with E-state index < -0.39 is 0 Å². The summed E-state index contributed by atoms with van der Waals surface area (Å²) in [6.07, 6.45) is 1.63. The summed E-state index contributed by atoms with van der Waals surface area (Å²) in [4.78, 5) is 24.6. The van der Waals surface area contributed by atoms with E-state index in [1.807, 2.05) is 25.1 Å². The average Bonchev–Trinajstić information content (AvgIpc) is 2.64. The highest BCUT2D eigenvalue weighted by molar-refractivity contribution is 5.93. The molecule has 1 amide bonds. The van der Waals surface area contributed by atoms with Crippen molar-refractivity contribution >= 4 is 22.5 Å². The van der Waals surface area contributed by atoms with Crippen LogP contribution in [0.1, 0.15) is 5.56 Å². The molecule has 6 heteroatoms. The molecule has 3 rings (SSSR count). The Kier molecular flexibility index (Phi) is 4.93. The number of carbonyl (C=O) groups is 1. The lowest BCUT2D eigenvalue weighted by atomic mass is 10.1. The first kappa shape index (κ1) is 17.5. The number of benzene rings is 2. The molecule has 0 aliphatic rings. The summed E-state index contributed by atoms with van der Waals surface area (Å²) < 4.78 is 12.2. The summed E-state index contributed by atoms with van der Waals surface area (Å²) in [6.45, 7) is 2.01. The van der Waals surface area contributed by atoms with Crippen molar-refractivity contribution in [3.63, 3.8) is 0 Å². The van der Waals surface area contributed by atoms with Crippen molar-refractivity contribution in [3.05, 3.63) is 64.4 Å². The van der Waals surface area contributed by atoms with E-state index >= 15 is 0 Å². The molecule has 1 aromatic heterocycles. The summed E-state index contributed by atoms with van der Waals surface area (Å²) in [5.41, 5.74) is 2.22. The number of amides is 1. The zero-order chi connectivity index (χ0) is 18.7. The van der Waals surface area contributed by atoms with Gasteiger partial charge in [0.05, 0.1) is 25.4 Å². The summed E-state index contributed by atoms with van der Waals surface area (Å²) in [6, 6.07) is 12.3. The molecule has 0 fully saturated rings. The zero-order valence-corrected chi connectivity index (χ0v) is 14.9. The fraction of sp³-hybridized carbons (Fsp3) is 0.200. The molecular formula is C20H20N2O4. The van der Waals surface area contributed by atoms with Crippen LogP contribution in [-0.4, -0.2) is 24.7 Å². The van der Waals surface area contributed by atoms with Crippen molar-refractivity contribution in [1.29, 1.82) is 0 Å². The Labute approximate surface area is 151 Å². The maximum absolute atomic E-state index is 12.5. The number of hydrogen-bond acceptors (Lipinski definition) is 4. The van der Waals surface area contributed by atoms with Gasteiger partial charge in [0.1, 0.15) is 18.0 Å². The van der Waals surface area contributed by atoms with Gasteiger partial charge >= 0.3 is 0 Å². The van der Waals surface area contributed by atoms with Crippen LogP contribution in [0, 0.1) is 6.92 Å². The number of aryl methyl sites for hydroxylation is 1. The summed E-state index contributed by atoms with van der Waals surface area (Å²) in [7, 11) is 3.10. The third-order valence-corrected chi connectivity index (χ3v) is 4.13. The van der Waals surface area contributed by atoms with Gasteiger partial charge in [-0.25, -0.2) is 0 Å². The number of hydrogen-bond donors (Lipinski definition) is 1. The molecule has 0 atom stereocenters. The fourth-order valence-electron chi connectivity index (χ4n) is 2.81. The SMILES string of the molecule is COc1ccc(NC(=O)Cn2ccc(=O)c3cc(C)ccc32)c(OC)c1. The van der Waals surface area contributed by atoms with Crippen LogP contribution in [-0.2, 0) is 11.3 Å². The quantitative estimate of drug-likeness (QED) is 0.766. The molecule has 6 nitrogen and oxygen atoms in total. The number of fused-ring (bicyclic) bond motifs is 1. The lowest BCUT2D eigenvalue weighted by Gasteiger charge is -2.14. The molecular weight excluding hydrogens is 332 g/mol. The molecule has 134 valence electrons. The highest BCUT2D eigenvalue weighted by Crippen LogP contribution is 2.29. The van der Waals surface area contributed by atoms with E-state index in [0.29, 0.717) is 22.6 Å². The monoisotopic (exact) mass is 352 g/mol. The predicted molar refractivity (Wildman–Crippen MR) is 101 cm³/mol. The van der Waals surface area contributed by atoms with Crippen LogP contribution >= 0.6 is 0 Å². The van der Waals surface area contributed by atoms with E-state index in [1.165, 1.54) is 13.2 Å². The van der Waals surface area contributed by atoms with E-state index in [0.717, 1.165) is 11.1 Å². The second-order valence-corrected chi connectivity index (χ2v) is 5.94. The van der Waals surface area contributed by atoms with Gasteiger partial charge in [-0.2, -0.15) is 0 Å². The van der Waals surface area contributed by atoms with Gasteiger partial charge in [0.15, 0.2) is 5.43 Å². The Bertz CT molecular complexity index is 1020. The highest BCUT2D eigenvalue weighted by atomic mass is 16.5. The zero-order valence-electron chi connectivity index (χ0n) is 14.9. The van der Waals surface area contributed by atoms with Gasteiger partial charge in [0.2, 0.25) is 5.91 Å². The number of rotatable bonds is 5. The van der Waals surface area contributed by atoms with Crippen LogP contribution in [0.2, 0.25) is 0 Å². The molecule has 0 saturated heterocycles. The highest BCUT2D eigenvalue weighted by Gasteiger charge is 2.11. The average molecular weight is 352 g/mol. The normalized spacial score (nSPS) is 10.6. The molecule has 0 bridgehead atoms. The molecule has 1 N–H and O–H groups in total. The molecule has 0 aliphatic heterocycles. The smallest absolute Gasteiger partial charge is 0.244 e. The number of nitrogens with one attached hydrogen (secondary N) is 1. The van der Waals surface area contributed by atoms with E-state index in [2.05, 4.69) is 5.32 Å². The molecule has 1 heterocycles. The maximum Gasteiger partial charge on any atom is 0.244 e. The number of anilines is 1. The lowest BCUT2D eigenvalue weighted by molar-refractivity contribution is -0.116. The van der Waals surface area contributed by atoms with Gasteiger partial charge in [0.25, 0.3) is 0 Å². The van der Waals surface area contributed by atoms with E-state index in [4.69, 9.17) is 9.47 Å². The number of carbonyl (C=O) groups excluding carboxylic acids is 1. The molecule has 0 radical (unpaired) electrons. The van der Waals surface area contributed by atoms with Crippen LogP contribution in [0.15, 0.2) is 53.5 Å². The first-order valence-electron chi connectivity index (χ1n) is 8.13. The number of aromatic nitrogens is 1. The van der Waals surface area contributed by atoms with E-state index in [1.54, 1.807) is 36.1 Å². The second-order valence-electron chi connectivity index (χ2n) is 5.94. The standard InChI is InChI=1S/C20H20N2O4/c1-13-4-7-17-15(10-13)18(23)8-9-22(17)12-20(24)21-16-6-5-14(25-2)11-19(16)26-3/h4-11H,12H2,1-3H3,(H,21,24).